The van der Waals surface area contributed by atoms with E-state index in [9.17, 15) is 14.3 Å². The third-order valence-corrected chi connectivity index (χ3v) is 4.94. The second-order valence-corrected chi connectivity index (χ2v) is 6.78. The molecule has 0 unspecified atom stereocenters. The van der Waals surface area contributed by atoms with Crippen molar-refractivity contribution >= 4 is 5.91 Å². The van der Waals surface area contributed by atoms with Crippen LogP contribution in [0.5, 0.6) is 5.75 Å². The first-order valence-corrected chi connectivity index (χ1v) is 9.02. The standard InChI is InChI=1S/C21H24FNO3/c1-2-20(16-11-17(24)12-16)23-21(25)14-7-9-18(10-8-14)26-13-15-5-3-4-6-19(15)22/h3-10,16-17,20,24H,2,11-13H2,1H3,(H,23,25)/t16?,17?,20-/m1/s1. The topological polar surface area (TPSA) is 58.6 Å². The van der Waals surface area contributed by atoms with Crippen molar-refractivity contribution in [3.8, 4) is 5.75 Å². The molecule has 1 aliphatic carbocycles. The van der Waals surface area contributed by atoms with Gasteiger partial charge in [0.25, 0.3) is 5.91 Å². The summed E-state index contributed by atoms with van der Waals surface area (Å²) in [6.45, 7) is 2.18. The van der Waals surface area contributed by atoms with E-state index in [4.69, 9.17) is 4.74 Å². The number of amides is 1. The number of hydrogen-bond acceptors (Lipinski definition) is 3. The van der Waals surface area contributed by atoms with Crippen molar-refractivity contribution in [3.05, 3.63) is 65.5 Å². The lowest BCUT2D eigenvalue weighted by atomic mass is 9.76. The minimum Gasteiger partial charge on any atom is -0.489 e. The number of halogens is 1. The Morgan fingerprint density at radius 1 is 1.23 bits per heavy atom. The second kappa shape index (κ2) is 8.32. The van der Waals surface area contributed by atoms with E-state index in [-0.39, 0.29) is 30.5 Å². The summed E-state index contributed by atoms with van der Waals surface area (Å²) < 4.78 is 19.2. The summed E-state index contributed by atoms with van der Waals surface area (Å²) in [6, 6.07) is 13.4. The van der Waals surface area contributed by atoms with Gasteiger partial charge in [0.1, 0.15) is 18.2 Å². The zero-order chi connectivity index (χ0) is 18.5. The summed E-state index contributed by atoms with van der Waals surface area (Å²) in [5, 5.41) is 12.5. The molecular weight excluding hydrogens is 333 g/mol. The molecule has 2 aromatic carbocycles. The largest absolute Gasteiger partial charge is 0.489 e. The van der Waals surface area contributed by atoms with Crippen LogP contribution in [0.25, 0.3) is 0 Å². The number of carbonyl (C=O) groups is 1. The molecule has 1 aliphatic rings. The Balaban J connectivity index is 1.55. The Labute approximate surface area is 153 Å². The zero-order valence-corrected chi connectivity index (χ0v) is 14.8. The highest BCUT2D eigenvalue weighted by Gasteiger charge is 2.33. The summed E-state index contributed by atoms with van der Waals surface area (Å²) in [7, 11) is 0. The molecule has 1 saturated carbocycles. The lowest BCUT2D eigenvalue weighted by Crippen LogP contribution is -2.46. The van der Waals surface area contributed by atoms with Crippen LogP contribution in [0.1, 0.15) is 42.1 Å². The van der Waals surface area contributed by atoms with Crippen LogP contribution in [0.3, 0.4) is 0 Å². The van der Waals surface area contributed by atoms with Crippen LogP contribution in [0.15, 0.2) is 48.5 Å². The average molecular weight is 357 g/mol. The van der Waals surface area contributed by atoms with Crippen molar-refractivity contribution in [1.82, 2.24) is 5.32 Å². The third kappa shape index (κ3) is 4.41. The molecule has 138 valence electrons. The van der Waals surface area contributed by atoms with Crippen molar-refractivity contribution < 1.29 is 19.0 Å². The van der Waals surface area contributed by atoms with Gasteiger partial charge >= 0.3 is 0 Å². The van der Waals surface area contributed by atoms with Crippen LogP contribution in [0.4, 0.5) is 4.39 Å². The summed E-state index contributed by atoms with van der Waals surface area (Å²) in [5.74, 6) is 0.510. The molecule has 2 aromatic rings. The highest BCUT2D eigenvalue weighted by Crippen LogP contribution is 2.31. The maximum Gasteiger partial charge on any atom is 0.251 e. The molecule has 0 heterocycles. The lowest BCUT2D eigenvalue weighted by Gasteiger charge is -2.37. The second-order valence-electron chi connectivity index (χ2n) is 6.78. The maximum atomic E-state index is 13.6. The van der Waals surface area contributed by atoms with Crippen molar-refractivity contribution in [2.24, 2.45) is 5.92 Å². The highest BCUT2D eigenvalue weighted by atomic mass is 19.1. The first-order chi connectivity index (χ1) is 12.6. The number of aliphatic hydroxyl groups is 1. The first kappa shape index (κ1) is 18.4. The molecule has 0 aromatic heterocycles. The van der Waals surface area contributed by atoms with Crippen LogP contribution in [-0.4, -0.2) is 23.2 Å². The molecule has 1 fully saturated rings. The average Bonchev–Trinajstić information content (AvgIpc) is 2.63. The number of aliphatic hydroxyl groups excluding tert-OH is 1. The molecule has 4 nitrogen and oxygen atoms in total. The Hall–Kier alpha value is -2.40. The molecule has 3 rings (SSSR count). The third-order valence-electron chi connectivity index (χ3n) is 4.94. The maximum absolute atomic E-state index is 13.6. The van der Waals surface area contributed by atoms with Crippen LogP contribution in [-0.2, 0) is 6.61 Å². The highest BCUT2D eigenvalue weighted by molar-refractivity contribution is 5.94. The number of rotatable bonds is 7. The fraction of sp³-hybridized carbons (Fsp3) is 0.381. The number of ether oxygens (including phenoxy) is 1. The van der Waals surface area contributed by atoms with Gasteiger partial charge in [-0.25, -0.2) is 4.39 Å². The monoisotopic (exact) mass is 357 g/mol. The molecule has 26 heavy (non-hydrogen) atoms. The van der Waals surface area contributed by atoms with Crippen LogP contribution < -0.4 is 10.1 Å². The van der Waals surface area contributed by atoms with E-state index in [1.807, 2.05) is 6.92 Å². The predicted octanol–water partition coefficient (Wildman–Crippen LogP) is 3.68. The van der Waals surface area contributed by atoms with Crippen LogP contribution >= 0.6 is 0 Å². The van der Waals surface area contributed by atoms with Gasteiger partial charge in [-0.05, 0) is 55.5 Å². The summed E-state index contributed by atoms with van der Waals surface area (Å²) in [5.41, 5.74) is 1.05. The summed E-state index contributed by atoms with van der Waals surface area (Å²) in [6.07, 6.45) is 2.12. The van der Waals surface area contributed by atoms with E-state index >= 15 is 0 Å². The zero-order valence-electron chi connectivity index (χ0n) is 14.8. The molecule has 0 radical (unpaired) electrons. The van der Waals surface area contributed by atoms with E-state index in [0.717, 1.165) is 19.3 Å². The van der Waals surface area contributed by atoms with Gasteiger partial charge in [0, 0.05) is 17.2 Å². The summed E-state index contributed by atoms with van der Waals surface area (Å²) in [4.78, 5) is 12.4. The number of benzene rings is 2. The Morgan fingerprint density at radius 3 is 2.54 bits per heavy atom. The molecule has 0 aliphatic heterocycles. The Kier molecular flexibility index (Phi) is 5.89. The van der Waals surface area contributed by atoms with Gasteiger partial charge in [-0.15, -0.1) is 0 Å². The number of nitrogens with one attached hydrogen (secondary N) is 1. The van der Waals surface area contributed by atoms with Crippen molar-refractivity contribution in [2.75, 3.05) is 0 Å². The lowest BCUT2D eigenvalue weighted by molar-refractivity contribution is 0.0232. The van der Waals surface area contributed by atoms with E-state index in [1.165, 1.54) is 6.07 Å². The molecule has 2 N–H and O–H groups in total. The van der Waals surface area contributed by atoms with Gasteiger partial charge in [0.15, 0.2) is 0 Å². The van der Waals surface area contributed by atoms with E-state index in [0.29, 0.717) is 22.8 Å². The van der Waals surface area contributed by atoms with Crippen molar-refractivity contribution in [2.45, 2.75) is 44.9 Å². The smallest absolute Gasteiger partial charge is 0.251 e. The molecular formula is C21H24FNO3. The number of hydrogen-bond donors (Lipinski definition) is 2. The minimum atomic E-state index is -0.296. The van der Waals surface area contributed by atoms with E-state index in [2.05, 4.69) is 5.32 Å². The SMILES string of the molecule is CC[C@@H](NC(=O)c1ccc(OCc2ccccc2F)cc1)C1CC(O)C1. The Morgan fingerprint density at radius 2 is 1.92 bits per heavy atom. The summed E-state index contributed by atoms with van der Waals surface area (Å²) >= 11 is 0. The van der Waals surface area contributed by atoms with Crippen LogP contribution in [0, 0.1) is 11.7 Å². The van der Waals surface area contributed by atoms with E-state index in [1.54, 1.807) is 42.5 Å². The fourth-order valence-corrected chi connectivity index (χ4v) is 3.24. The molecule has 5 heteroatoms. The first-order valence-electron chi connectivity index (χ1n) is 9.02. The van der Waals surface area contributed by atoms with Gasteiger partial charge < -0.3 is 15.2 Å². The van der Waals surface area contributed by atoms with E-state index < -0.39 is 0 Å². The van der Waals surface area contributed by atoms with Crippen LogP contribution in [0.2, 0.25) is 0 Å². The fourth-order valence-electron chi connectivity index (χ4n) is 3.24. The minimum absolute atomic E-state index is 0.0860. The molecule has 1 atom stereocenters. The molecule has 1 amide bonds. The van der Waals surface area contributed by atoms with Gasteiger partial charge in [0.2, 0.25) is 0 Å². The molecule has 0 bridgehead atoms. The van der Waals surface area contributed by atoms with Gasteiger partial charge in [0.05, 0.1) is 6.10 Å². The van der Waals surface area contributed by atoms with Gasteiger partial charge in [-0.3, -0.25) is 4.79 Å². The van der Waals surface area contributed by atoms with Gasteiger partial charge in [-0.1, -0.05) is 25.1 Å². The Bertz CT molecular complexity index is 741. The predicted molar refractivity (Wildman–Crippen MR) is 97.5 cm³/mol. The molecule has 0 saturated heterocycles. The van der Waals surface area contributed by atoms with Crippen molar-refractivity contribution in [1.29, 1.82) is 0 Å². The van der Waals surface area contributed by atoms with Gasteiger partial charge in [-0.2, -0.15) is 0 Å². The van der Waals surface area contributed by atoms with Crippen molar-refractivity contribution in [3.63, 3.8) is 0 Å². The quantitative estimate of drug-likeness (QED) is 0.795. The normalized spacial score (nSPS) is 20.1. The molecule has 0 spiro atoms. The number of carbonyl (C=O) groups excluding carboxylic acids is 1.